The fourth-order valence-corrected chi connectivity index (χ4v) is 2.56. The lowest BCUT2D eigenvalue weighted by atomic mass is 9.77. The maximum Gasteiger partial charge on any atom is 0.169 e. The third-order valence-electron chi connectivity index (χ3n) is 2.53. The minimum Gasteiger partial charge on any atom is -0.348 e. The van der Waals surface area contributed by atoms with Gasteiger partial charge < -0.3 is 9.47 Å². The zero-order valence-corrected chi connectivity index (χ0v) is 8.10. The summed E-state index contributed by atoms with van der Waals surface area (Å²) in [6.45, 7) is 1.59. The Morgan fingerprint density at radius 3 is 2.45 bits per heavy atom. The topological polar surface area (TPSA) is 18.5 Å². The fraction of sp³-hybridized carbons (Fsp3) is 1.00. The molecule has 1 saturated carbocycles. The average Bonchev–Trinajstić information content (AvgIpc) is 2.35. The van der Waals surface area contributed by atoms with Gasteiger partial charge in [-0.1, -0.05) is 15.9 Å². The van der Waals surface area contributed by atoms with Gasteiger partial charge in [0.15, 0.2) is 5.79 Å². The van der Waals surface area contributed by atoms with E-state index in [0.29, 0.717) is 0 Å². The molecule has 11 heavy (non-hydrogen) atoms. The van der Waals surface area contributed by atoms with Crippen LogP contribution in [0.15, 0.2) is 0 Å². The van der Waals surface area contributed by atoms with Crippen LogP contribution in [-0.4, -0.2) is 24.3 Å². The Hall–Kier alpha value is 0.400. The zero-order chi connectivity index (χ0) is 7.73. The Balaban J connectivity index is 1.77. The van der Waals surface area contributed by atoms with Gasteiger partial charge in [0, 0.05) is 18.2 Å². The lowest BCUT2D eigenvalue weighted by molar-refractivity contribution is -0.230. The number of hydrogen-bond acceptors (Lipinski definition) is 2. The predicted octanol–water partition coefficient (Wildman–Crippen LogP) is 1.92. The van der Waals surface area contributed by atoms with Gasteiger partial charge in [-0.05, 0) is 12.3 Å². The van der Waals surface area contributed by atoms with Crippen LogP contribution in [-0.2, 0) is 9.47 Å². The van der Waals surface area contributed by atoms with Gasteiger partial charge in [0.05, 0.1) is 13.2 Å². The minimum absolute atomic E-state index is 0.132. The second-order valence-corrected chi connectivity index (χ2v) is 4.15. The average molecular weight is 221 g/mol. The zero-order valence-electron chi connectivity index (χ0n) is 6.51. The molecule has 2 aliphatic rings. The molecule has 0 amide bonds. The molecule has 0 unspecified atom stereocenters. The number of ether oxygens (including phenoxy) is 2. The van der Waals surface area contributed by atoms with Gasteiger partial charge >= 0.3 is 0 Å². The Kier molecular flexibility index (Phi) is 2.21. The molecular formula is C8H13BrO2. The van der Waals surface area contributed by atoms with Gasteiger partial charge in [-0.3, -0.25) is 0 Å². The first-order valence-corrected chi connectivity index (χ1v) is 5.31. The third kappa shape index (κ3) is 1.46. The molecule has 1 aliphatic heterocycles. The maximum atomic E-state index is 5.52. The largest absolute Gasteiger partial charge is 0.348 e. The summed E-state index contributed by atoms with van der Waals surface area (Å²) in [5, 5.41) is 1.10. The highest BCUT2D eigenvalue weighted by Gasteiger charge is 2.48. The summed E-state index contributed by atoms with van der Waals surface area (Å²) in [7, 11) is 0. The molecule has 1 heterocycles. The molecule has 0 bridgehead atoms. The molecule has 64 valence electrons. The molecule has 0 radical (unpaired) electrons. The maximum absolute atomic E-state index is 5.52. The van der Waals surface area contributed by atoms with E-state index in [1.54, 1.807) is 0 Å². The van der Waals surface area contributed by atoms with Crippen LogP contribution in [0.4, 0.5) is 0 Å². The van der Waals surface area contributed by atoms with Crippen molar-refractivity contribution in [2.24, 2.45) is 5.92 Å². The van der Waals surface area contributed by atoms with Crippen LogP contribution in [0.3, 0.4) is 0 Å². The molecular weight excluding hydrogens is 208 g/mol. The van der Waals surface area contributed by atoms with Crippen molar-refractivity contribution >= 4 is 15.9 Å². The van der Waals surface area contributed by atoms with Crippen molar-refractivity contribution in [2.45, 2.75) is 25.0 Å². The van der Waals surface area contributed by atoms with Crippen LogP contribution in [0.2, 0.25) is 0 Å². The summed E-state index contributed by atoms with van der Waals surface area (Å²) in [6.07, 6.45) is 3.48. The van der Waals surface area contributed by atoms with E-state index in [-0.39, 0.29) is 5.79 Å². The van der Waals surface area contributed by atoms with E-state index < -0.39 is 0 Å². The second-order valence-electron chi connectivity index (χ2n) is 3.36. The molecule has 0 aromatic carbocycles. The first-order chi connectivity index (χ1) is 5.35. The molecule has 1 aliphatic carbocycles. The predicted molar refractivity (Wildman–Crippen MR) is 45.8 cm³/mol. The van der Waals surface area contributed by atoms with Gasteiger partial charge in [-0.15, -0.1) is 0 Å². The highest BCUT2D eigenvalue weighted by atomic mass is 79.9. The van der Waals surface area contributed by atoms with E-state index in [4.69, 9.17) is 9.47 Å². The molecule has 3 heteroatoms. The normalized spacial score (nSPS) is 29.2. The van der Waals surface area contributed by atoms with E-state index >= 15 is 0 Å². The van der Waals surface area contributed by atoms with Crippen LogP contribution in [0.5, 0.6) is 0 Å². The monoisotopic (exact) mass is 220 g/mol. The Labute approximate surface area is 75.4 Å². The first kappa shape index (κ1) is 8.02. The van der Waals surface area contributed by atoms with E-state index in [0.717, 1.165) is 37.3 Å². The van der Waals surface area contributed by atoms with Crippen LogP contribution in [0.25, 0.3) is 0 Å². The number of alkyl halides is 1. The summed E-state index contributed by atoms with van der Waals surface area (Å²) >= 11 is 3.44. The lowest BCUT2D eigenvalue weighted by Gasteiger charge is -2.42. The Bertz CT molecular complexity index is 135. The van der Waals surface area contributed by atoms with Crippen LogP contribution in [0, 0.1) is 5.92 Å². The molecule has 1 saturated heterocycles. The second kappa shape index (κ2) is 3.04. The summed E-state index contributed by atoms with van der Waals surface area (Å²) in [5.74, 6) is 0.694. The number of hydrogen-bond donors (Lipinski definition) is 0. The highest BCUT2D eigenvalue weighted by molar-refractivity contribution is 9.09. The molecule has 2 rings (SSSR count). The summed E-state index contributed by atoms with van der Waals surface area (Å²) in [6, 6.07) is 0. The SMILES string of the molecule is BrCCC1CC2(C1)OCCO2. The summed E-state index contributed by atoms with van der Waals surface area (Å²) < 4.78 is 11.0. The highest BCUT2D eigenvalue weighted by Crippen LogP contribution is 2.45. The van der Waals surface area contributed by atoms with Crippen LogP contribution in [0.1, 0.15) is 19.3 Å². The molecule has 2 nitrogen and oxygen atoms in total. The molecule has 2 fully saturated rings. The van der Waals surface area contributed by atoms with Gasteiger partial charge in [-0.25, -0.2) is 0 Å². The number of halogens is 1. The van der Waals surface area contributed by atoms with Crippen LogP contribution < -0.4 is 0 Å². The van der Waals surface area contributed by atoms with Crippen molar-refractivity contribution in [2.75, 3.05) is 18.5 Å². The van der Waals surface area contributed by atoms with Crippen molar-refractivity contribution < 1.29 is 9.47 Å². The fourth-order valence-electron chi connectivity index (χ4n) is 1.91. The van der Waals surface area contributed by atoms with Crippen molar-refractivity contribution in [3.63, 3.8) is 0 Å². The standard InChI is InChI=1S/C8H13BrO2/c9-2-1-7-5-8(6-7)10-3-4-11-8/h7H,1-6H2. The van der Waals surface area contributed by atoms with Gasteiger partial charge in [0.25, 0.3) is 0 Å². The van der Waals surface area contributed by atoms with Crippen LogP contribution >= 0.6 is 15.9 Å². The minimum atomic E-state index is -0.132. The molecule has 0 aromatic heterocycles. The van der Waals surface area contributed by atoms with E-state index in [1.165, 1.54) is 6.42 Å². The van der Waals surface area contributed by atoms with Crippen molar-refractivity contribution in [3.8, 4) is 0 Å². The smallest absolute Gasteiger partial charge is 0.169 e. The first-order valence-electron chi connectivity index (χ1n) is 4.18. The molecule has 1 spiro atoms. The summed E-state index contributed by atoms with van der Waals surface area (Å²) in [4.78, 5) is 0. The quantitative estimate of drug-likeness (QED) is 0.663. The van der Waals surface area contributed by atoms with Crippen molar-refractivity contribution in [3.05, 3.63) is 0 Å². The lowest BCUT2D eigenvalue weighted by Crippen LogP contribution is -2.44. The molecule has 0 atom stereocenters. The summed E-state index contributed by atoms with van der Waals surface area (Å²) in [5.41, 5.74) is 0. The van der Waals surface area contributed by atoms with Crippen molar-refractivity contribution in [1.29, 1.82) is 0 Å². The van der Waals surface area contributed by atoms with Crippen molar-refractivity contribution in [1.82, 2.24) is 0 Å². The number of rotatable bonds is 2. The Morgan fingerprint density at radius 1 is 1.27 bits per heavy atom. The van der Waals surface area contributed by atoms with Gasteiger partial charge in [0.1, 0.15) is 0 Å². The van der Waals surface area contributed by atoms with Gasteiger partial charge in [0.2, 0.25) is 0 Å². The third-order valence-corrected chi connectivity index (χ3v) is 2.99. The van der Waals surface area contributed by atoms with E-state index in [1.807, 2.05) is 0 Å². The van der Waals surface area contributed by atoms with E-state index in [9.17, 15) is 0 Å². The van der Waals surface area contributed by atoms with E-state index in [2.05, 4.69) is 15.9 Å². The Morgan fingerprint density at radius 2 is 1.91 bits per heavy atom. The molecule has 0 N–H and O–H groups in total. The molecule has 0 aromatic rings. The van der Waals surface area contributed by atoms with Gasteiger partial charge in [-0.2, -0.15) is 0 Å².